The number of nitrogens with two attached hydrogens (primary N) is 1. The van der Waals surface area contributed by atoms with Crippen LogP contribution in [0.3, 0.4) is 0 Å². The molecule has 1 rings (SSSR count). The van der Waals surface area contributed by atoms with Crippen molar-refractivity contribution in [3.8, 4) is 0 Å². The van der Waals surface area contributed by atoms with E-state index >= 15 is 0 Å². The van der Waals surface area contributed by atoms with Crippen LogP contribution in [0.4, 0.5) is 0 Å². The Morgan fingerprint density at radius 2 is 2.38 bits per heavy atom. The molecule has 0 aromatic rings. The molecular formula is C10H22N2O. The van der Waals surface area contributed by atoms with Gasteiger partial charge < -0.3 is 10.5 Å². The third kappa shape index (κ3) is 3.63. The molecule has 0 aromatic carbocycles. The molecule has 1 unspecified atom stereocenters. The van der Waals surface area contributed by atoms with Gasteiger partial charge in [0.1, 0.15) is 0 Å². The quantitative estimate of drug-likeness (QED) is 0.668. The lowest BCUT2D eigenvalue weighted by Gasteiger charge is -2.23. The zero-order valence-corrected chi connectivity index (χ0v) is 8.67. The molecule has 0 amide bonds. The highest BCUT2D eigenvalue weighted by Gasteiger charge is 2.22. The van der Waals surface area contributed by atoms with Gasteiger partial charge in [-0.1, -0.05) is 0 Å². The summed E-state index contributed by atoms with van der Waals surface area (Å²) >= 11 is 0. The molecule has 1 aliphatic heterocycles. The van der Waals surface area contributed by atoms with Crippen LogP contribution in [0, 0.1) is 0 Å². The number of methoxy groups -OCH3 is 1. The van der Waals surface area contributed by atoms with Gasteiger partial charge in [0.15, 0.2) is 0 Å². The normalized spacial score (nSPS) is 24.0. The van der Waals surface area contributed by atoms with Gasteiger partial charge in [-0.15, -0.1) is 0 Å². The summed E-state index contributed by atoms with van der Waals surface area (Å²) in [5.74, 6) is 0. The minimum atomic E-state index is 0.777. The van der Waals surface area contributed by atoms with E-state index in [1.54, 1.807) is 7.11 Å². The summed E-state index contributed by atoms with van der Waals surface area (Å²) in [6.07, 6.45) is 5.12. The van der Waals surface area contributed by atoms with Crippen LogP contribution in [-0.4, -0.2) is 44.3 Å². The lowest BCUT2D eigenvalue weighted by molar-refractivity contribution is 0.138. The van der Waals surface area contributed by atoms with E-state index in [4.69, 9.17) is 10.5 Å². The van der Waals surface area contributed by atoms with Crippen LogP contribution in [-0.2, 0) is 4.74 Å². The van der Waals surface area contributed by atoms with Crippen LogP contribution in [0.1, 0.15) is 25.7 Å². The van der Waals surface area contributed by atoms with Gasteiger partial charge in [0.2, 0.25) is 0 Å². The predicted octanol–water partition coefficient (Wildman–Crippen LogP) is 0.836. The van der Waals surface area contributed by atoms with E-state index in [1.165, 1.54) is 25.8 Å². The average molecular weight is 186 g/mol. The Morgan fingerprint density at radius 1 is 1.54 bits per heavy atom. The number of likely N-dealkylation sites (tertiary alicyclic amines) is 1. The summed E-state index contributed by atoms with van der Waals surface area (Å²) in [5.41, 5.74) is 5.51. The first kappa shape index (κ1) is 11.0. The summed E-state index contributed by atoms with van der Waals surface area (Å²) in [4.78, 5) is 2.54. The Labute approximate surface area is 81.2 Å². The molecule has 0 radical (unpaired) electrons. The van der Waals surface area contributed by atoms with Crippen molar-refractivity contribution in [2.45, 2.75) is 31.7 Å². The molecule has 0 aromatic heterocycles. The Morgan fingerprint density at radius 3 is 3.08 bits per heavy atom. The molecule has 0 saturated carbocycles. The minimum absolute atomic E-state index is 0.777. The molecule has 13 heavy (non-hydrogen) atoms. The van der Waals surface area contributed by atoms with Crippen LogP contribution >= 0.6 is 0 Å². The van der Waals surface area contributed by atoms with Crippen molar-refractivity contribution in [3.63, 3.8) is 0 Å². The number of nitrogens with zero attached hydrogens (tertiary/aromatic N) is 1. The van der Waals surface area contributed by atoms with E-state index in [1.807, 2.05) is 0 Å². The molecule has 0 spiro atoms. The smallest absolute Gasteiger partial charge is 0.0589 e. The van der Waals surface area contributed by atoms with Crippen LogP contribution in [0.5, 0.6) is 0 Å². The molecule has 1 heterocycles. The fourth-order valence-corrected chi connectivity index (χ4v) is 2.08. The minimum Gasteiger partial charge on any atom is -0.383 e. The fourth-order valence-electron chi connectivity index (χ4n) is 2.08. The molecule has 1 saturated heterocycles. The van der Waals surface area contributed by atoms with Gasteiger partial charge in [0.25, 0.3) is 0 Å². The second-order valence-corrected chi connectivity index (χ2v) is 3.76. The highest BCUT2D eigenvalue weighted by molar-refractivity contribution is 4.78. The lowest BCUT2D eigenvalue weighted by atomic mass is 10.1. The van der Waals surface area contributed by atoms with Gasteiger partial charge in [-0.3, -0.25) is 4.90 Å². The molecule has 78 valence electrons. The predicted molar refractivity (Wildman–Crippen MR) is 54.8 cm³/mol. The van der Waals surface area contributed by atoms with Crippen molar-refractivity contribution in [1.82, 2.24) is 4.90 Å². The monoisotopic (exact) mass is 186 g/mol. The first-order valence-corrected chi connectivity index (χ1v) is 5.31. The van der Waals surface area contributed by atoms with E-state index in [0.717, 1.165) is 32.2 Å². The Kier molecular flexibility index (Phi) is 5.35. The highest BCUT2D eigenvalue weighted by atomic mass is 16.5. The van der Waals surface area contributed by atoms with Gasteiger partial charge >= 0.3 is 0 Å². The third-order valence-electron chi connectivity index (χ3n) is 2.82. The molecule has 1 fully saturated rings. The zero-order chi connectivity index (χ0) is 9.52. The van der Waals surface area contributed by atoms with Crippen molar-refractivity contribution in [3.05, 3.63) is 0 Å². The SMILES string of the molecule is COCCN1CCCC1CCCN. The molecule has 3 heteroatoms. The van der Waals surface area contributed by atoms with Crippen LogP contribution in [0.25, 0.3) is 0 Å². The Hall–Kier alpha value is -0.120. The van der Waals surface area contributed by atoms with Crippen LogP contribution < -0.4 is 5.73 Å². The second kappa shape index (κ2) is 6.35. The van der Waals surface area contributed by atoms with Gasteiger partial charge in [-0.25, -0.2) is 0 Å². The average Bonchev–Trinajstić information content (AvgIpc) is 2.59. The molecule has 0 bridgehead atoms. The van der Waals surface area contributed by atoms with Gasteiger partial charge in [0.05, 0.1) is 6.61 Å². The first-order valence-electron chi connectivity index (χ1n) is 5.31. The first-order chi connectivity index (χ1) is 6.38. The van der Waals surface area contributed by atoms with E-state index in [0.29, 0.717) is 0 Å². The van der Waals surface area contributed by atoms with Gasteiger partial charge in [0, 0.05) is 19.7 Å². The molecule has 2 N–H and O–H groups in total. The largest absolute Gasteiger partial charge is 0.383 e. The Balaban J connectivity index is 2.18. The Bertz CT molecular complexity index is 116. The lowest BCUT2D eigenvalue weighted by Crippen LogP contribution is -2.32. The maximum Gasteiger partial charge on any atom is 0.0589 e. The topological polar surface area (TPSA) is 38.5 Å². The fraction of sp³-hybridized carbons (Fsp3) is 1.00. The van der Waals surface area contributed by atoms with E-state index < -0.39 is 0 Å². The summed E-state index contributed by atoms with van der Waals surface area (Å²) in [7, 11) is 1.77. The third-order valence-corrected chi connectivity index (χ3v) is 2.82. The van der Waals surface area contributed by atoms with E-state index in [9.17, 15) is 0 Å². The molecule has 3 nitrogen and oxygen atoms in total. The summed E-state index contributed by atoms with van der Waals surface area (Å²) in [6, 6.07) is 0.777. The zero-order valence-electron chi connectivity index (χ0n) is 8.67. The number of hydrogen-bond acceptors (Lipinski definition) is 3. The standard InChI is InChI=1S/C10H22N2O/c1-13-9-8-12-7-3-5-10(12)4-2-6-11/h10H,2-9,11H2,1H3. The second-order valence-electron chi connectivity index (χ2n) is 3.76. The van der Waals surface area contributed by atoms with Gasteiger partial charge in [-0.2, -0.15) is 0 Å². The number of hydrogen-bond donors (Lipinski definition) is 1. The van der Waals surface area contributed by atoms with E-state index in [2.05, 4.69) is 4.90 Å². The maximum atomic E-state index is 5.51. The maximum absolute atomic E-state index is 5.51. The van der Waals surface area contributed by atoms with Crippen LogP contribution in [0.15, 0.2) is 0 Å². The summed E-state index contributed by atoms with van der Waals surface area (Å²) < 4.78 is 5.09. The number of ether oxygens (including phenoxy) is 1. The van der Waals surface area contributed by atoms with Crippen molar-refractivity contribution in [1.29, 1.82) is 0 Å². The molecular weight excluding hydrogens is 164 g/mol. The van der Waals surface area contributed by atoms with Crippen molar-refractivity contribution in [2.24, 2.45) is 5.73 Å². The molecule has 0 aliphatic carbocycles. The van der Waals surface area contributed by atoms with Gasteiger partial charge in [-0.05, 0) is 38.8 Å². The number of rotatable bonds is 6. The molecule has 1 aliphatic rings. The van der Waals surface area contributed by atoms with E-state index in [-0.39, 0.29) is 0 Å². The summed E-state index contributed by atoms with van der Waals surface area (Å²) in [5, 5.41) is 0. The van der Waals surface area contributed by atoms with Crippen LogP contribution in [0.2, 0.25) is 0 Å². The van der Waals surface area contributed by atoms with Crippen molar-refractivity contribution in [2.75, 3.05) is 33.4 Å². The highest BCUT2D eigenvalue weighted by Crippen LogP contribution is 2.20. The van der Waals surface area contributed by atoms with Crippen molar-refractivity contribution < 1.29 is 4.74 Å². The summed E-state index contributed by atoms with van der Waals surface area (Å²) in [6.45, 7) is 4.03. The molecule has 1 atom stereocenters. The van der Waals surface area contributed by atoms with Crippen molar-refractivity contribution >= 4 is 0 Å².